The highest BCUT2D eigenvalue weighted by Crippen LogP contribution is 2.17. The number of methoxy groups -OCH3 is 1. The van der Waals surface area contributed by atoms with Crippen LogP contribution >= 0.6 is 0 Å². The van der Waals surface area contributed by atoms with Gasteiger partial charge >= 0.3 is 0 Å². The van der Waals surface area contributed by atoms with E-state index in [1.165, 1.54) is 49.7 Å². The number of hydrogen-bond donors (Lipinski definition) is 0. The number of unbranched alkanes of at least 4 members (excludes halogenated alkanes) is 2. The molecule has 0 amide bonds. The molecular formula is C17H28O. The lowest BCUT2D eigenvalue weighted by atomic mass is 9.96. The first-order chi connectivity index (χ1) is 8.81. The monoisotopic (exact) mass is 248 g/mol. The van der Waals surface area contributed by atoms with Crippen LogP contribution in [0.3, 0.4) is 0 Å². The Hall–Kier alpha value is -0.820. The van der Waals surface area contributed by atoms with E-state index in [0.29, 0.717) is 0 Å². The van der Waals surface area contributed by atoms with E-state index in [-0.39, 0.29) is 0 Å². The third-order valence-corrected chi connectivity index (χ3v) is 3.52. The highest BCUT2D eigenvalue weighted by atomic mass is 16.5. The molecule has 0 aromatic heterocycles. The van der Waals surface area contributed by atoms with Crippen molar-refractivity contribution in [3.05, 3.63) is 34.9 Å². The summed E-state index contributed by atoms with van der Waals surface area (Å²) in [6.45, 7) is 5.39. The highest BCUT2D eigenvalue weighted by molar-refractivity contribution is 5.32. The lowest BCUT2D eigenvalue weighted by Gasteiger charge is -2.10. The second-order valence-electron chi connectivity index (χ2n) is 5.01. The molecule has 0 N–H and O–H groups in total. The fourth-order valence-corrected chi connectivity index (χ4v) is 2.36. The van der Waals surface area contributed by atoms with Gasteiger partial charge in [0.2, 0.25) is 0 Å². The Kier molecular flexibility index (Phi) is 7.75. The zero-order chi connectivity index (χ0) is 13.2. The molecule has 1 rings (SSSR count). The molecule has 0 radical (unpaired) electrons. The van der Waals surface area contributed by atoms with Gasteiger partial charge in [-0.1, -0.05) is 38.5 Å². The van der Waals surface area contributed by atoms with Gasteiger partial charge in [0.1, 0.15) is 0 Å². The molecular weight excluding hydrogens is 220 g/mol. The molecule has 1 nitrogen and oxygen atoms in total. The average Bonchev–Trinajstić information content (AvgIpc) is 2.41. The summed E-state index contributed by atoms with van der Waals surface area (Å²) in [5, 5.41) is 0. The summed E-state index contributed by atoms with van der Waals surface area (Å²) in [7, 11) is 1.78. The van der Waals surface area contributed by atoms with Crippen LogP contribution in [0.4, 0.5) is 0 Å². The SMILES string of the molecule is CCCCc1ccc(CC)c(CCCCOC)c1. The molecule has 0 unspecified atom stereocenters. The Morgan fingerprint density at radius 3 is 2.44 bits per heavy atom. The van der Waals surface area contributed by atoms with Crippen molar-refractivity contribution in [1.82, 2.24) is 0 Å². The molecule has 0 bridgehead atoms. The van der Waals surface area contributed by atoms with Crippen LogP contribution in [-0.4, -0.2) is 13.7 Å². The molecule has 0 spiro atoms. The molecule has 1 heteroatoms. The number of benzene rings is 1. The van der Waals surface area contributed by atoms with E-state index in [1.807, 2.05) is 0 Å². The molecule has 1 aromatic carbocycles. The molecule has 0 aliphatic carbocycles. The van der Waals surface area contributed by atoms with Gasteiger partial charge < -0.3 is 4.74 Å². The van der Waals surface area contributed by atoms with Crippen LogP contribution in [0.5, 0.6) is 0 Å². The van der Waals surface area contributed by atoms with Crippen molar-refractivity contribution in [2.45, 2.75) is 58.8 Å². The molecule has 102 valence electrons. The van der Waals surface area contributed by atoms with Gasteiger partial charge in [-0.25, -0.2) is 0 Å². The van der Waals surface area contributed by atoms with Crippen LogP contribution in [0.15, 0.2) is 18.2 Å². The van der Waals surface area contributed by atoms with Gasteiger partial charge in [-0.15, -0.1) is 0 Å². The Morgan fingerprint density at radius 1 is 0.944 bits per heavy atom. The fourth-order valence-electron chi connectivity index (χ4n) is 2.36. The first-order valence-electron chi connectivity index (χ1n) is 7.41. The highest BCUT2D eigenvalue weighted by Gasteiger charge is 2.03. The predicted molar refractivity (Wildman–Crippen MR) is 79.2 cm³/mol. The maximum atomic E-state index is 5.11. The van der Waals surface area contributed by atoms with Crippen molar-refractivity contribution in [1.29, 1.82) is 0 Å². The number of hydrogen-bond acceptors (Lipinski definition) is 1. The molecule has 0 aliphatic heterocycles. The van der Waals surface area contributed by atoms with Crippen molar-refractivity contribution < 1.29 is 4.74 Å². The summed E-state index contributed by atoms with van der Waals surface area (Å²) in [6, 6.07) is 7.07. The zero-order valence-electron chi connectivity index (χ0n) is 12.3. The summed E-state index contributed by atoms with van der Waals surface area (Å²) in [5.74, 6) is 0. The van der Waals surface area contributed by atoms with E-state index >= 15 is 0 Å². The van der Waals surface area contributed by atoms with Gasteiger partial charge in [0.05, 0.1) is 0 Å². The molecule has 0 aliphatic rings. The van der Waals surface area contributed by atoms with E-state index < -0.39 is 0 Å². The third-order valence-electron chi connectivity index (χ3n) is 3.52. The largest absolute Gasteiger partial charge is 0.385 e. The number of rotatable bonds is 9. The average molecular weight is 248 g/mol. The van der Waals surface area contributed by atoms with Crippen LogP contribution in [-0.2, 0) is 24.0 Å². The van der Waals surface area contributed by atoms with Crippen molar-refractivity contribution in [2.75, 3.05) is 13.7 Å². The molecule has 0 atom stereocenters. The Balaban J connectivity index is 2.60. The Labute approximate surface area is 113 Å². The topological polar surface area (TPSA) is 9.23 Å². The van der Waals surface area contributed by atoms with Crippen molar-refractivity contribution in [3.63, 3.8) is 0 Å². The van der Waals surface area contributed by atoms with E-state index in [2.05, 4.69) is 32.0 Å². The van der Waals surface area contributed by atoms with Gasteiger partial charge in [-0.3, -0.25) is 0 Å². The zero-order valence-corrected chi connectivity index (χ0v) is 12.3. The van der Waals surface area contributed by atoms with E-state index in [4.69, 9.17) is 4.74 Å². The predicted octanol–water partition coefficient (Wildman–Crippen LogP) is 4.56. The summed E-state index contributed by atoms with van der Waals surface area (Å²) in [6.07, 6.45) is 8.55. The first kappa shape index (κ1) is 15.2. The fraction of sp³-hybridized carbons (Fsp3) is 0.647. The maximum Gasteiger partial charge on any atom is 0.0462 e. The molecule has 1 aromatic rings. The van der Waals surface area contributed by atoms with E-state index in [0.717, 1.165) is 13.0 Å². The summed E-state index contributed by atoms with van der Waals surface area (Å²) in [4.78, 5) is 0. The smallest absolute Gasteiger partial charge is 0.0462 e. The lowest BCUT2D eigenvalue weighted by Crippen LogP contribution is -1.98. The molecule has 18 heavy (non-hydrogen) atoms. The molecule has 0 heterocycles. The summed E-state index contributed by atoms with van der Waals surface area (Å²) < 4.78 is 5.11. The third kappa shape index (κ3) is 5.22. The summed E-state index contributed by atoms with van der Waals surface area (Å²) in [5.41, 5.74) is 4.59. The minimum absolute atomic E-state index is 0.886. The van der Waals surface area contributed by atoms with Gasteiger partial charge in [0.15, 0.2) is 0 Å². The summed E-state index contributed by atoms with van der Waals surface area (Å²) >= 11 is 0. The number of aryl methyl sites for hydroxylation is 3. The molecule has 0 saturated carbocycles. The maximum absolute atomic E-state index is 5.11. The quantitative estimate of drug-likeness (QED) is 0.582. The van der Waals surface area contributed by atoms with Gasteiger partial charge in [0, 0.05) is 13.7 Å². The second-order valence-corrected chi connectivity index (χ2v) is 5.01. The van der Waals surface area contributed by atoms with E-state index in [9.17, 15) is 0 Å². The van der Waals surface area contributed by atoms with Crippen molar-refractivity contribution in [3.8, 4) is 0 Å². The lowest BCUT2D eigenvalue weighted by molar-refractivity contribution is 0.193. The van der Waals surface area contributed by atoms with Gasteiger partial charge in [-0.05, 0) is 55.2 Å². The normalized spacial score (nSPS) is 10.8. The van der Waals surface area contributed by atoms with Gasteiger partial charge in [-0.2, -0.15) is 0 Å². The van der Waals surface area contributed by atoms with Crippen LogP contribution in [0.1, 0.15) is 56.2 Å². The standard InChI is InChI=1S/C17H28O/c1-4-6-9-15-11-12-16(5-2)17(14-15)10-7-8-13-18-3/h11-12,14H,4-10,13H2,1-3H3. The van der Waals surface area contributed by atoms with E-state index in [1.54, 1.807) is 12.7 Å². The van der Waals surface area contributed by atoms with Crippen LogP contribution in [0.25, 0.3) is 0 Å². The first-order valence-corrected chi connectivity index (χ1v) is 7.41. The van der Waals surface area contributed by atoms with Crippen molar-refractivity contribution in [2.24, 2.45) is 0 Å². The minimum Gasteiger partial charge on any atom is -0.385 e. The van der Waals surface area contributed by atoms with Crippen LogP contribution in [0, 0.1) is 0 Å². The Morgan fingerprint density at radius 2 is 1.78 bits per heavy atom. The molecule has 0 saturated heterocycles. The molecule has 0 fully saturated rings. The van der Waals surface area contributed by atoms with Gasteiger partial charge in [0.25, 0.3) is 0 Å². The van der Waals surface area contributed by atoms with Crippen LogP contribution < -0.4 is 0 Å². The second kappa shape index (κ2) is 9.16. The van der Waals surface area contributed by atoms with Crippen LogP contribution in [0.2, 0.25) is 0 Å². The number of ether oxygens (including phenoxy) is 1. The van der Waals surface area contributed by atoms with Crippen molar-refractivity contribution >= 4 is 0 Å². The minimum atomic E-state index is 0.886. The Bertz CT molecular complexity index is 330.